The second-order valence-electron chi connectivity index (χ2n) is 3.86. The fourth-order valence-electron chi connectivity index (χ4n) is 1.81. The molecule has 2 nitrogen and oxygen atoms in total. The van der Waals surface area contributed by atoms with E-state index in [0.29, 0.717) is 6.07 Å². The second-order valence-corrected chi connectivity index (χ2v) is 3.86. The number of hydrogen-bond donors (Lipinski definition) is 1. The third-order valence-corrected chi connectivity index (χ3v) is 2.54. The van der Waals surface area contributed by atoms with Crippen molar-refractivity contribution in [2.45, 2.75) is 12.4 Å². The monoisotopic (exact) mass is 296 g/mol. The van der Waals surface area contributed by atoms with Crippen LogP contribution in [0.25, 0.3) is 11.3 Å². The van der Waals surface area contributed by atoms with Crippen molar-refractivity contribution in [2.24, 2.45) is 0 Å². The molecule has 0 saturated heterocycles. The average molecular weight is 296 g/mol. The molecule has 108 valence electrons. The Bertz CT molecular complexity index is 610. The van der Waals surface area contributed by atoms with E-state index in [0.717, 1.165) is 18.4 Å². The molecule has 0 unspecified atom stereocenters. The van der Waals surface area contributed by atoms with E-state index in [2.05, 4.69) is 0 Å². The molecule has 2 aromatic rings. The van der Waals surface area contributed by atoms with Gasteiger partial charge in [-0.05, 0) is 24.3 Å². The van der Waals surface area contributed by atoms with Gasteiger partial charge in [-0.25, -0.2) is 0 Å². The summed E-state index contributed by atoms with van der Waals surface area (Å²) in [7, 11) is 0. The Labute approximate surface area is 108 Å². The van der Waals surface area contributed by atoms with Gasteiger partial charge in [0.2, 0.25) is 0 Å². The van der Waals surface area contributed by atoms with E-state index in [1.807, 2.05) is 0 Å². The summed E-state index contributed by atoms with van der Waals surface area (Å²) in [6.45, 7) is 0. The maximum absolute atomic E-state index is 13.0. The van der Waals surface area contributed by atoms with Crippen LogP contribution >= 0.6 is 0 Å². The van der Waals surface area contributed by atoms with E-state index in [1.54, 1.807) is 0 Å². The van der Waals surface area contributed by atoms with E-state index in [9.17, 15) is 26.3 Å². The lowest BCUT2D eigenvalue weighted by molar-refractivity contribution is -0.162. The fourth-order valence-corrected chi connectivity index (χ4v) is 1.81. The van der Waals surface area contributed by atoms with Crippen molar-refractivity contribution < 1.29 is 35.9 Å². The van der Waals surface area contributed by atoms with Gasteiger partial charge in [0.1, 0.15) is 17.1 Å². The molecule has 8 heteroatoms. The van der Waals surface area contributed by atoms with Crippen LogP contribution in [0.5, 0.6) is 5.75 Å². The van der Waals surface area contributed by atoms with Gasteiger partial charge < -0.3 is 9.52 Å². The highest BCUT2D eigenvalue weighted by atomic mass is 19.4. The largest absolute Gasteiger partial charge is 0.507 e. The van der Waals surface area contributed by atoms with Crippen LogP contribution in [0.1, 0.15) is 11.1 Å². The molecular formula is C12H6F6O2. The summed E-state index contributed by atoms with van der Waals surface area (Å²) in [6.07, 6.45) is -9.61. The standard InChI is InChI=1S/C12H6F6O2/c13-11(14,15)9-6(8-2-1-5-20-8)3-4-7(19)10(9)12(16,17)18/h1-5,19H. The minimum Gasteiger partial charge on any atom is -0.507 e. The lowest BCUT2D eigenvalue weighted by Crippen LogP contribution is -2.18. The van der Waals surface area contributed by atoms with Crippen molar-refractivity contribution in [1.82, 2.24) is 0 Å². The Morgan fingerprint density at radius 3 is 1.90 bits per heavy atom. The number of halogens is 6. The molecule has 1 aromatic heterocycles. The zero-order valence-corrected chi connectivity index (χ0v) is 9.51. The van der Waals surface area contributed by atoms with Crippen LogP contribution in [0, 0.1) is 0 Å². The first-order valence-electron chi connectivity index (χ1n) is 5.16. The highest BCUT2D eigenvalue weighted by molar-refractivity contribution is 5.68. The van der Waals surface area contributed by atoms with E-state index >= 15 is 0 Å². The average Bonchev–Trinajstić information content (AvgIpc) is 2.78. The minimum atomic E-state index is -5.35. The van der Waals surface area contributed by atoms with Crippen molar-refractivity contribution in [3.63, 3.8) is 0 Å². The molecule has 0 atom stereocenters. The van der Waals surface area contributed by atoms with Crippen LogP contribution in [0.3, 0.4) is 0 Å². The fraction of sp³-hybridized carbons (Fsp3) is 0.167. The molecular weight excluding hydrogens is 290 g/mol. The number of hydrogen-bond acceptors (Lipinski definition) is 2. The number of furan rings is 1. The molecule has 0 aliphatic rings. The quantitative estimate of drug-likeness (QED) is 0.774. The molecule has 0 amide bonds. The van der Waals surface area contributed by atoms with Crippen molar-refractivity contribution in [3.05, 3.63) is 41.7 Å². The number of alkyl halides is 6. The van der Waals surface area contributed by atoms with Gasteiger partial charge in [-0.3, -0.25) is 0 Å². The number of aromatic hydroxyl groups is 1. The Hall–Kier alpha value is -2.12. The summed E-state index contributed by atoms with van der Waals surface area (Å²) in [6, 6.07) is 3.62. The summed E-state index contributed by atoms with van der Waals surface area (Å²) in [4.78, 5) is 0. The molecule has 0 saturated carbocycles. The van der Waals surface area contributed by atoms with Gasteiger partial charge in [0.15, 0.2) is 0 Å². The lowest BCUT2D eigenvalue weighted by atomic mass is 9.97. The third kappa shape index (κ3) is 2.45. The van der Waals surface area contributed by atoms with Crippen LogP contribution in [-0.4, -0.2) is 5.11 Å². The molecule has 0 bridgehead atoms. The highest BCUT2D eigenvalue weighted by Crippen LogP contribution is 2.48. The number of rotatable bonds is 1. The summed E-state index contributed by atoms with van der Waals surface area (Å²) in [5.41, 5.74) is -4.88. The van der Waals surface area contributed by atoms with Crippen LogP contribution < -0.4 is 0 Å². The summed E-state index contributed by atoms with van der Waals surface area (Å²) < 4.78 is 81.9. The minimum absolute atomic E-state index is 0.372. The third-order valence-electron chi connectivity index (χ3n) is 2.54. The predicted molar refractivity (Wildman–Crippen MR) is 55.8 cm³/mol. The first-order chi connectivity index (χ1) is 9.12. The van der Waals surface area contributed by atoms with Crippen molar-refractivity contribution >= 4 is 0 Å². The Balaban J connectivity index is 2.85. The lowest BCUT2D eigenvalue weighted by Gasteiger charge is -2.19. The smallest absolute Gasteiger partial charge is 0.420 e. The normalized spacial score (nSPS) is 12.7. The van der Waals surface area contributed by atoms with E-state index in [1.165, 1.54) is 6.07 Å². The molecule has 0 fully saturated rings. The molecule has 1 aromatic carbocycles. The topological polar surface area (TPSA) is 33.4 Å². The SMILES string of the molecule is Oc1ccc(-c2ccco2)c(C(F)(F)F)c1C(F)(F)F. The van der Waals surface area contributed by atoms with Crippen LogP contribution in [0.4, 0.5) is 26.3 Å². The first kappa shape index (κ1) is 14.3. The number of phenols is 1. The summed E-state index contributed by atoms with van der Waals surface area (Å²) in [5, 5.41) is 9.16. The maximum atomic E-state index is 13.0. The number of benzene rings is 1. The van der Waals surface area contributed by atoms with Crippen LogP contribution in [-0.2, 0) is 12.4 Å². The van der Waals surface area contributed by atoms with Gasteiger partial charge in [-0.1, -0.05) is 0 Å². The summed E-state index contributed by atoms with van der Waals surface area (Å²) in [5.74, 6) is -1.86. The van der Waals surface area contributed by atoms with Gasteiger partial charge in [0.25, 0.3) is 0 Å². The van der Waals surface area contributed by atoms with Gasteiger partial charge in [0, 0.05) is 5.56 Å². The second kappa shape index (κ2) is 4.46. The van der Waals surface area contributed by atoms with Gasteiger partial charge in [-0.2, -0.15) is 26.3 Å². The predicted octanol–water partition coefficient (Wildman–Crippen LogP) is 4.69. The highest BCUT2D eigenvalue weighted by Gasteiger charge is 2.47. The van der Waals surface area contributed by atoms with E-state index < -0.39 is 34.8 Å². The van der Waals surface area contributed by atoms with Crippen molar-refractivity contribution in [1.29, 1.82) is 0 Å². The van der Waals surface area contributed by atoms with Crippen LogP contribution in [0.2, 0.25) is 0 Å². The van der Waals surface area contributed by atoms with E-state index in [-0.39, 0.29) is 5.76 Å². The molecule has 0 aliphatic heterocycles. The zero-order valence-electron chi connectivity index (χ0n) is 9.51. The van der Waals surface area contributed by atoms with Gasteiger partial charge >= 0.3 is 12.4 Å². The Morgan fingerprint density at radius 1 is 0.850 bits per heavy atom. The summed E-state index contributed by atoms with van der Waals surface area (Å²) >= 11 is 0. The number of phenolic OH excluding ortho intramolecular Hbond substituents is 1. The molecule has 20 heavy (non-hydrogen) atoms. The molecule has 2 rings (SSSR count). The molecule has 1 N–H and O–H groups in total. The molecule has 0 aliphatic carbocycles. The Morgan fingerprint density at radius 2 is 1.45 bits per heavy atom. The first-order valence-corrected chi connectivity index (χ1v) is 5.16. The Kier molecular flexibility index (Phi) is 3.19. The van der Waals surface area contributed by atoms with Gasteiger partial charge in [0.05, 0.1) is 11.8 Å². The van der Waals surface area contributed by atoms with Crippen molar-refractivity contribution in [2.75, 3.05) is 0 Å². The maximum Gasteiger partial charge on any atom is 0.420 e. The van der Waals surface area contributed by atoms with Crippen LogP contribution in [0.15, 0.2) is 34.9 Å². The molecule has 0 radical (unpaired) electrons. The van der Waals surface area contributed by atoms with Crippen molar-refractivity contribution in [3.8, 4) is 17.1 Å². The molecule has 0 spiro atoms. The zero-order chi connectivity index (χ0) is 15.1. The van der Waals surface area contributed by atoms with Gasteiger partial charge in [-0.15, -0.1) is 0 Å². The molecule has 1 heterocycles. The van der Waals surface area contributed by atoms with E-state index in [4.69, 9.17) is 9.52 Å².